The van der Waals surface area contributed by atoms with Crippen molar-refractivity contribution in [1.29, 1.82) is 5.41 Å². The molecule has 4 nitrogen and oxygen atoms in total. The zero-order valence-corrected chi connectivity index (χ0v) is 11.1. The molecule has 0 bridgehead atoms. The van der Waals surface area contributed by atoms with Gasteiger partial charge >= 0.3 is 0 Å². The molecule has 0 heterocycles. The Hall–Kier alpha value is -1.39. The van der Waals surface area contributed by atoms with Crippen molar-refractivity contribution in [2.24, 2.45) is 11.7 Å². The first-order valence-electron chi connectivity index (χ1n) is 6.18. The van der Waals surface area contributed by atoms with Crippen molar-refractivity contribution in [3.63, 3.8) is 0 Å². The molecule has 0 aliphatic rings. The zero-order valence-electron chi connectivity index (χ0n) is 11.1. The Morgan fingerprint density at radius 1 is 1.17 bits per heavy atom. The highest BCUT2D eigenvalue weighted by molar-refractivity contribution is 5.94. The molecule has 1 rings (SSSR count). The molecular weight excluding hydrogens is 228 g/mol. The van der Waals surface area contributed by atoms with Gasteiger partial charge in [0, 0.05) is 12.2 Å². The number of amidine groups is 1. The predicted octanol–water partition coefficient (Wildman–Crippen LogP) is 2.16. The third kappa shape index (κ3) is 5.80. The van der Waals surface area contributed by atoms with Gasteiger partial charge < -0.3 is 15.2 Å². The van der Waals surface area contributed by atoms with Crippen LogP contribution in [0.3, 0.4) is 0 Å². The minimum absolute atomic E-state index is 0.0875. The molecular formula is C14H22N2O2. The van der Waals surface area contributed by atoms with E-state index in [1.54, 1.807) is 0 Å². The molecule has 0 atom stereocenters. The second kappa shape index (κ2) is 7.84. The monoisotopic (exact) mass is 250 g/mol. The van der Waals surface area contributed by atoms with Gasteiger partial charge in [-0.15, -0.1) is 0 Å². The first-order chi connectivity index (χ1) is 8.59. The molecule has 0 spiro atoms. The molecule has 0 amide bonds. The Balaban J connectivity index is 2.17. The number of nitrogen functional groups attached to an aromatic ring is 1. The van der Waals surface area contributed by atoms with Gasteiger partial charge in [-0.05, 0) is 11.5 Å². The van der Waals surface area contributed by atoms with Gasteiger partial charge in [-0.1, -0.05) is 38.1 Å². The number of nitrogens with one attached hydrogen (secondary N) is 1. The van der Waals surface area contributed by atoms with E-state index in [-0.39, 0.29) is 5.84 Å². The van der Waals surface area contributed by atoms with Gasteiger partial charge in [0.2, 0.25) is 0 Å². The van der Waals surface area contributed by atoms with Crippen LogP contribution in [-0.2, 0) is 16.1 Å². The highest BCUT2D eigenvalue weighted by atomic mass is 16.5. The van der Waals surface area contributed by atoms with Crippen molar-refractivity contribution in [2.45, 2.75) is 20.5 Å². The van der Waals surface area contributed by atoms with Gasteiger partial charge in [-0.25, -0.2) is 0 Å². The number of benzene rings is 1. The Morgan fingerprint density at radius 3 is 2.33 bits per heavy atom. The molecule has 0 aliphatic carbocycles. The summed E-state index contributed by atoms with van der Waals surface area (Å²) in [6.45, 7) is 6.81. The van der Waals surface area contributed by atoms with E-state index >= 15 is 0 Å². The van der Waals surface area contributed by atoms with E-state index in [1.165, 1.54) is 0 Å². The number of hydrogen-bond acceptors (Lipinski definition) is 3. The Morgan fingerprint density at radius 2 is 1.78 bits per heavy atom. The van der Waals surface area contributed by atoms with E-state index in [2.05, 4.69) is 13.8 Å². The molecule has 1 aromatic rings. The van der Waals surface area contributed by atoms with Crippen LogP contribution in [0.5, 0.6) is 0 Å². The Kier molecular flexibility index (Phi) is 6.39. The van der Waals surface area contributed by atoms with E-state index in [0.717, 1.165) is 17.7 Å². The number of hydrogen-bond donors (Lipinski definition) is 2. The van der Waals surface area contributed by atoms with Crippen LogP contribution in [0.2, 0.25) is 0 Å². The molecule has 4 heteroatoms. The maximum absolute atomic E-state index is 7.28. The average Bonchev–Trinajstić information content (AvgIpc) is 2.34. The van der Waals surface area contributed by atoms with Gasteiger partial charge in [0.15, 0.2) is 0 Å². The van der Waals surface area contributed by atoms with Crippen LogP contribution in [0.4, 0.5) is 0 Å². The first kappa shape index (κ1) is 14.7. The summed E-state index contributed by atoms with van der Waals surface area (Å²) in [7, 11) is 0. The molecule has 3 N–H and O–H groups in total. The van der Waals surface area contributed by atoms with Crippen LogP contribution >= 0.6 is 0 Å². The fourth-order valence-electron chi connectivity index (χ4n) is 1.41. The lowest BCUT2D eigenvalue weighted by molar-refractivity contribution is 0.0314. The molecule has 0 aliphatic heterocycles. The molecule has 1 aromatic carbocycles. The molecule has 0 aromatic heterocycles. The van der Waals surface area contributed by atoms with Gasteiger partial charge in [0.25, 0.3) is 0 Å². The van der Waals surface area contributed by atoms with Crippen molar-refractivity contribution < 1.29 is 9.47 Å². The fourth-order valence-corrected chi connectivity index (χ4v) is 1.41. The van der Waals surface area contributed by atoms with E-state index in [9.17, 15) is 0 Å². The van der Waals surface area contributed by atoms with Crippen LogP contribution < -0.4 is 5.73 Å². The largest absolute Gasteiger partial charge is 0.384 e. The Bertz CT molecular complexity index is 361. The standard InChI is InChI=1S/C14H22N2O2/c1-11(2)9-17-7-8-18-10-12-3-5-13(6-4-12)14(15)16/h3-6,11H,7-10H2,1-2H3,(H3,15,16). The normalized spacial score (nSPS) is 10.8. The van der Waals surface area contributed by atoms with Crippen molar-refractivity contribution in [2.75, 3.05) is 19.8 Å². The third-order valence-electron chi connectivity index (χ3n) is 2.36. The number of nitrogens with two attached hydrogens (primary N) is 1. The highest BCUT2D eigenvalue weighted by Crippen LogP contribution is 2.05. The summed E-state index contributed by atoms with van der Waals surface area (Å²) in [4.78, 5) is 0. The summed E-state index contributed by atoms with van der Waals surface area (Å²) in [5, 5.41) is 7.28. The summed E-state index contributed by atoms with van der Waals surface area (Å²) in [5.74, 6) is 0.647. The van der Waals surface area contributed by atoms with Crippen LogP contribution in [0.1, 0.15) is 25.0 Å². The van der Waals surface area contributed by atoms with Crippen molar-refractivity contribution in [3.8, 4) is 0 Å². The van der Waals surface area contributed by atoms with Crippen molar-refractivity contribution in [1.82, 2.24) is 0 Å². The molecule has 0 saturated carbocycles. The van der Waals surface area contributed by atoms with Crippen LogP contribution in [0.25, 0.3) is 0 Å². The lowest BCUT2D eigenvalue weighted by Crippen LogP contribution is -2.11. The second-order valence-corrected chi connectivity index (χ2v) is 4.63. The maximum atomic E-state index is 7.28. The summed E-state index contributed by atoms with van der Waals surface area (Å²) in [6.07, 6.45) is 0. The summed E-state index contributed by atoms with van der Waals surface area (Å²) in [5.41, 5.74) is 7.19. The fraction of sp³-hybridized carbons (Fsp3) is 0.500. The molecule has 18 heavy (non-hydrogen) atoms. The minimum atomic E-state index is 0.0875. The zero-order chi connectivity index (χ0) is 13.4. The van der Waals surface area contributed by atoms with Crippen LogP contribution in [0.15, 0.2) is 24.3 Å². The molecule has 0 radical (unpaired) electrons. The molecule has 100 valence electrons. The SMILES string of the molecule is CC(C)COCCOCc1ccc(C(=N)N)cc1. The van der Waals surface area contributed by atoms with E-state index in [1.807, 2.05) is 24.3 Å². The number of ether oxygens (including phenoxy) is 2. The Labute approximate surface area is 109 Å². The lowest BCUT2D eigenvalue weighted by atomic mass is 10.1. The molecule has 0 unspecified atom stereocenters. The summed E-state index contributed by atoms with van der Waals surface area (Å²) >= 11 is 0. The molecule has 0 fully saturated rings. The second-order valence-electron chi connectivity index (χ2n) is 4.63. The summed E-state index contributed by atoms with van der Waals surface area (Å²) < 4.78 is 10.9. The van der Waals surface area contributed by atoms with Gasteiger partial charge in [-0.2, -0.15) is 0 Å². The predicted molar refractivity (Wildman–Crippen MR) is 72.8 cm³/mol. The van der Waals surface area contributed by atoms with Gasteiger partial charge in [0.05, 0.1) is 19.8 Å². The van der Waals surface area contributed by atoms with Crippen LogP contribution in [0, 0.1) is 11.3 Å². The topological polar surface area (TPSA) is 68.3 Å². The number of rotatable bonds is 8. The van der Waals surface area contributed by atoms with Crippen LogP contribution in [-0.4, -0.2) is 25.7 Å². The molecule has 0 saturated heterocycles. The average molecular weight is 250 g/mol. The smallest absolute Gasteiger partial charge is 0.122 e. The first-order valence-corrected chi connectivity index (χ1v) is 6.18. The van der Waals surface area contributed by atoms with Crippen molar-refractivity contribution >= 4 is 5.84 Å². The lowest BCUT2D eigenvalue weighted by Gasteiger charge is -2.08. The maximum Gasteiger partial charge on any atom is 0.122 e. The third-order valence-corrected chi connectivity index (χ3v) is 2.36. The van der Waals surface area contributed by atoms with E-state index in [4.69, 9.17) is 20.6 Å². The van der Waals surface area contributed by atoms with E-state index < -0.39 is 0 Å². The van der Waals surface area contributed by atoms with E-state index in [0.29, 0.717) is 25.7 Å². The van der Waals surface area contributed by atoms with Gasteiger partial charge in [-0.3, -0.25) is 5.41 Å². The highest BCUT2D eigenvalue weighted by Gasteiger charge is 1.98. The summed E-state index contributed by atoms with van der Waals surface area (Å²) in [6, 6.07) is 7.50. The van der Waals surface area contributed by atoms with Crippen molar-refractivity contribution in [3.05, 3.63) is 35.4 Å². The minimum Gasteiger partial charge on any atom is -0.384 e. The quantitative estimate of drug-likeness (QED) is 0.422. The van der Waals surface area contributed by atoms with Gasteiger partial charge in [0.1, 0.15) is 5.84 Å².